The molecule has 49 heavy (non-hydrogen) atoms. The van der Waals surface area contributed by atoms with Gasteiger partial charge in [-0.25, -0.2) is 23.5 Å². The van der Waals surface area contributed by atoms with Crippen molar-refractivity contribution in [3.05, 3.63) is 72.6 Å². The van der Waals surface area contributed by atoms with E-state index in [0.29, 0.717) is 60.6 Å². The SMILES string of the molecule is CCCCCOc1cc2ncnc(Oc3ccc(NC(=O)C4CCCN(c5ccc(F)cc5)C4=O)cc3F)c2cc1NC(=O)NCCCC. The van der Waals surface area contributed by atoms with Crippen LogP contribution in [-0.2, 0) is 9.59 Å². The van der Waals surface area contributed by atoms with Crippen molar-refractivity contribution >= 4 is 45.8 Å². The molecule has 1 saturated heterocycles. The van der Waals surface area contributed by atoms with Crippen LogP contribution >= 0.6 is 0 Å². The molecule has 2 heterocycles. The van der Waals surface area contributed by atoms with Crippen molar-refractivity contribution in [1.29, 1.82) is 0 Å². The Bertz CT molecular complexity index is 1790. The number of anilines is 3. The Morgan fingerprint density at radius 2 is 1.73 bits per heavy atom. The summed E-state index contributed by atoms with van der Waals surface area (Å²) in [6.07, 6.45) is 6.82. The van der Waals surface area contributed by atoms with Crippen molar-refractivity contribution in [1.82, 2.24) is 15.3 Å². The Balaban J connectivity index is 1.31. The van der Waals surface area contributed by atoms with Crippen LogP contribution in [0.4, 0.5) is 30.6 Å². The molecule has 0 spiro atoms. The third kappa shape index (κ3) is 8.98. The highest BCUT2D eigenvalue weighted by Gasteiger charge is 2.35. The van der Waals surface area contributed by atoms with Gasteiger partial charge in [-0.15, -0.1) is 0 Å². The van der Waals surface area contributed by atoms with Crippen molar-refractivity contribution in [2.24, 2.45) is 5.92 Å². The lowest BCUT2D eigenvalue weighted by molar-refractivity contribution is -0.132. The van der Waals surface area contributed by atoms with Crippen molar-refractivity contribution in [3.63, 3.8) is 0 Å². The molecule has 1 unspecified atom stereocenters. The normalized spacial score (nSPS) is 14.4. The molecule has 0 bridgehead atoms. The van der Waals surface area contributed by atoms with Crippen LogP contribution in [0.3, 0.4) is 0 Å². The van der Waals surface area contributed by atoms with Gasteiger partial charge in [-0.3, -0.25) is 9.59 Å². The van der Waals surface area contributed by atoms with Crippen LogP contribution < -0.4 is 30.3 Å². The monoisotopic (exact) mass is 674 g/mol. The zero-order valence-corrected chi connectivity index (χ0v) is 27.6. The van der Waals surface area contributed by atoms with Crippen LogP contribution in [0.2, 0.25) is 0 Å². The van der Waals surface area contributed by atoms with E-state index in [4.69, 9.17) is 9.47 Å². The molecule has 258 valence electrons. The number of carbonyl (C=O) groups is 3. The average Bonchev–Trinajstić information content (AvgIpc) is 3.09. The number of carbonyl (C=O) groups excluding carboxylic acids is 3. The summed E-state index contributed by atoms with van der Waals surface area (Å²) in [5.74, 6) is -2.86. The summed E-state index contributed by atoms with van der Waals surface area (Å²) in [6, 6.07) is 12.3. The lowest BCUT2D eigenvalue weighted by atomic mass is 9.95. The summed E-state index contributed by atoms with van der Waals surface area (Å²) in [6.45, 7) is 5.50. The maximum Gasteiger partial charge on any atom is 0.319 e. The summed E-state index contributed by atoms with van der Waals surface area (Å²) >= 11 is 0. The highest BCUT2D eigenvalue weighted by atomic mass is 19.1. The van der Waals surface area contributed by atoms with Crippen molar-refractivity contribution in [2.75, 3.05) is 35.2 Å². The molecule has 0 radical (unpaired) electrons. The molecule has 1 atom stereocenters. The van der Waals surface area contributed by atoms with Gasteiger partial charge in [-0.2, -0.15) is 0 Å². The van der Waals surface area contributed by atoms with E-state index in [1.165, 1.54) is 47.6 Å². The Morgan fingerprint density at radius 3 is 2.49 bits per heavy atom. The third-order valence-electron chi connectivity index (χ3n) is 8.07. The topological polar surface area (TPSA) is 135 Å². The Kier molecular flexibility index (Phi) is 11.9. The van der Waals surface area contributed by atoms with E-state index in [9.17, 15) is 18.8 Å². The summed E-state index contributed by atoms with van der Waals surface area (Å²) in [7, 11) is 0. The van der Waals surface area contributed by atoms with Gasteiger partial charge in [0.15, 0.2) is 11.6 Å². The van der Waals surface area contributed by atoms with Crippen LogP contribution in [0.5, 0.6) is 17.4 Å². The number of benzene rings is 3. The van der Waals surface area contributed by atoms with Gasteiger partial charge in [-0.05, 0) is 68.1 Å². The van der Waals surface area contributed by atoms with Gasteiger partial charge in [0.2, 0.25) is 17.7 Å². The minimum absolute atomic E-state index is 0.0429. The van der Waals surface area contributed by atoms with Gasteiger partial charge in [0.1, 0.15) is 23.8 Å². The summed E-state index contributed by atoms with van der Waals surface area (Å²) < 4.78 is 40.7. The first-order valence-corrected chi connectivity index (χ1v) is 16.6. The maximum absolute atomic E-state index is 15.4. The standard InChI is InChI=1S/C36H40F2N6O5/c1-3-5-7-18-48-32-21-29-27(20-30(32)43-36(47)39-16-6-4-2)34(41-22-40-29)49-31-15-12-24(19-28(31)38)42-33(45)26-9-8-17-44(35(26)46)25-13-10-23(37)11-14-25/h10-15,19-22,26H,3-9,16-18H2,1-2H3,(H,42,45)(H2,39,43,47). The molecule has 0 aliphatic carbocycles. The van der Waals surface area contributed by atoms with Gasteiger partial charge in [0.05, 0.1) is 23.2 Å². The Morgan fingerprint density at radius 1 is 0.939 bits per heavy atom. The quantitative estimate of drug-likeness (QED) is 0.0928. The van der Waals surface area contributed by atoms with E-state index in [-0.39, 0.29) is 17.3 Å². The summed E-state index contributed by atoms with van der Waals surface area (Å²) in [4.78, 5) is 48.9. The zero-order valence-electron chi connectivity index (χ0n) is 27.6. The predicted molar refractivity (Wildman–Crippen MR) is 183 cm³/mol. The third-order valence-corrected chi connectivity index (χ3v) is 8.07. The van der Waals surface area contributed by atoms with Gasteiger partial charge >= 0.3 is 6.03 Å². The Hall–Kier alpha value is -5.33. The smallest absolute Gasteiger partial charge is 0.319 e. The van der Waals surface area contributed by atoms with E-state index < -0.39 is 35.4 Å². The summed E-state index contributed by atoms with van der Waals surface area (Å²) in [5.41, 5.74) is 1.48. The molecule has 1 aromatic heterocycles. The number of nitrogens with zero attached hydrogens (tertiary/aromatic N) is 3. The molecule has 4 amide bonds. The zero-order chi connectivity index (χ0) is 34.8. The lowest BCUT2D eigenvalue weighted by Crippen LogP contribution is -2.46. The fraction of sp³-hybridized carbons (Fsp3) is 0.361. The number of aromatic nitrogens is 2. The fourth-order valence-electron chi connectivity index (χ4n) is 5.43. The van der Waals surface area contributed by atoms with E-state index >= 15 is 4.39 Å². The van der Waals surface area contributed by atoms with Crippen molar-refractivity contribution in [2.45, 2.75) is 58.8 Å². The molecule has 11 nitrogen and oxygen atoms in total. The van der Waals surface area contributed by atoms with E-state index in [2.05, 4.69) is 32.8 Å². The number of halogens is 2. The van der Waals surface area contributed by atoms with Crippen LogP contribution in [0.15, 0.2) is 60.9 Å². The molecule has 5 rings (SSSR count). The Labute approximate surface area is 283 Å². The summed E-state index contributed by atoms with van der Waals surface area (Å²) in [5, 5.41) is 8.69. The van der Waals surface area contributed by atoms with Crippen LogP contribution in [0.1, 0.15) is 58.8 Å². The molecule has 4 aromatic rings. The number of fused-ring (bicyclic) bond motifs is 1. The molecule has 3 N–H and O–H groups in total. The molecule has 1 aliphatic heterocycles. The van der Waals surface area contributed by atoms with E-state index in [0.717, 1.165) is 38.2 Å². The molecule has 1 aliphatic rings. The first-order chi connectivity index (χ1) is 23.8. The molecular weight excluding hydrogens is 634 g/mol. The lowest BCUT2D eigenvalue weighted by Gasteiger charge is -2.31. The molecular formula is C36H40F2N6O5. The number of hydrogen-bond acceptors (Lipinski definition) is 7. The average molecular weight is 675 g/mol. The number of nitrogens with one attached hydrogen (secondary N) is 3. The number of ether oxygens (including phenoxy) is 2. The van der Waals surface area contributed by atoms with Gasteiger partial charge < -0.3 is 30.3 Å². The number of amides is 4. The minimum Gasteiger partial charge on any atom is -0.491 e. The largest absolute Gasteiger partial charge is 0.491 e. The highest BCUT2D eigenvalue weighted by Crippen LogP contribution is 2.36. The molecule has 1 fully saturated rings. The minimum atomic E-state index is -0.984. The second-order valence-corrected chi connectivity index (χ2v) is 11.7. The van der Waals surface area contributed by atoms with Gasteiger partial charge in [0, 0.05) is 36.6 Å². The molecule has 13 heteroatoms. The molecule has 0 saturated carbocycles. The first kappa shape index (κ1) is 35.0. The van der Waals surface area contributed by atoms with Crippen LogP contribution in [0.25, 0.3) is 10.9 Å². The highest BCUT2D eigenvalue weighted by molar-refractivity contribution is 6.12. The van der Waals surface area contributed by atoms with Crippen LogP contribution in [-0.4, -0.2) is 47.5 Å². The number of hydrogen-bond donors (Lipinski definition) is 3. The van der Waals surface area contributed by atoms with Crippen molar-refractivity contribution < 1.29 is 32.6 Å². The van der Waals surface area contributed by atoms with Crippen molar-refractivity contribution in [3.8, 4) is 17.4 Å². The van der Waals surface area contributed by atoms with Crippen LogP contribution in [0, 0.1) is 17.6 Å². The second kappa shape index (κ2) is 16.7. The number of piperidine rings is 1. The van der Waals surface area contributed by atoms with Gasteiger partial charge in [0.25, 0.3) is 0 Å². The predicted octanol–water partition coefficient (Wildman–Crippen LogP) is 7.57. The number of unbranched alkanes of at least 4 members (excludes halogenated alkanes) is 3. The number of urea groups is 1. The first-order valence-electron chi connectivity index (χ1n) is 16.6. The van der Waals surface area contributed by atoms with E-state index in [1.807, 2.05) is 6.92 Å². The second-order valence-electron chi connectivity index (χ2n) is 11.7. The van der Waals surface area contributed by atoms with E-state index in [1.54, 1.807) is 12.1 Å². The maximum atomic E-state index is 15.4. The van der Waals surface area contributed by atoms with Gasteiger partial charge in [-0.1, -0.05) is 33.1 Å². The molecule has 3 aromatic carbocycles. The number of rotatable bonds is 14. The fourth-order valence-corrected chi connectivity index (χ4v) is 5.43.